The standard InChI is InChI=1S/C15H20Cl3NO/c1-15(2,6-3-7-16)10-19-14(20)9-11-4-5-12(17)13(18)8-11/h4-5,8H,3,6-7,9-10H2,1-2H3,(H,19,20). The molecule has 1 aromatic rings. The Morgan fingerprint density at radius 1 is 1.25 bits per heavy atom. The largest absolute Gasteiger partial charge is 0.355 e. The van der Waals surface area contributed by atoms with E-state index in [-0.39, 0.29) is 11.3 Å². The lowest BCUT2D eigenvalue weighted by atomic mass is 9.88. The second-order valence-electron chi connectivity index (χ2n) is 5.66. The van der Waals surface area contributed by atoms with Crippen LogP contribution in [0.2, 0.25) is 10.0 Å². The molecule has 0 saturated heterocycles. The maximum atomic E-state index is 11.9. The van der Waals surface area contributed by atoms with E-state index in [0.717, 1.165) is 18.4 Å². The van der Waals surface area contributed by atoms with Crippen LogP contribution in [0.5, 0.6) is 0 Å². The van der Waals surface area contributed by atoms with Crippen molar-refractivity contribution in [2.24, 2.45) is 5.41 Å². The Morgan fingerprint density at radius 2 is 1.95 bits per heavy atom. The SMILES string of the molecule is CC(C)(CCCCl)CNC(=O)Cc1ccc(Cl)c(Cl)c1. The summed E-state index contributed by atoms with van der Waals surface area (Å²) in [4.78, 5) is 11.9. The van der Waals surface area contributed by atoms with E-state index in [1.54, 1.807) is 12.1 Å². The molecule has 0 aliphatic rings. The van der Waals surface area contributed by atoms with Crippen molar-refractivity contribution in [1.82, 2.24) is 5.32 Å². The second-order valence-corrected chi connectivity index (χ2v) is 6.85. The van der Waals surface area contributed by atoms with Gasteiger partial charge in [-0.3, -0.25) is 4.79 Å². The first-order valence-electron chi connectivity index (χ1n) is 6.61. The maximum absolute atomic E-state index is 11.9. The Kier molecular flexibility index (Phi) is 7.14. The van der Waals surface area contributed by atoms with Crippen LogP contribution in [0.25, 0.3) is 0 Å². The smallest absolute Gasteiger partial charge is 0.224 e. The third kappa shape index (κ3) is 6.34. The monoisotopic (exact) mass is 335 g/mol. The van der Waals surface area contributed by atoms with Gasteiger partial charge in [0.2, 0.25) is 5.91 Å². The van der Waals surface area contributed by atoms with E-state index < -0.39 is 0 Å². The minimum atomic E-state index is -0.0117. The van der Waals surface area contributed by atoms with Crippen LogP contribution in [0.3, 0.4) is 0 Å². The van der Waals surface area contributed by atoms with Gasteiger partial charge in [0.15, 0.2) is 0 Å². The molecule has 0 bridgehead atoms. The highest BCUT2D eigenvalue weighted by molar-refractivity contribution is 6.42. The predicted molar refractivity (Wildman–Crippen MR) is 86.9 cm³/mol. The normalized spacial score (nSPS) is 11.4. The predicted octanol–water partition coefficient (Wildman–Crippen LogP) is 4.70. The number of carbonyl (C=O) groups excluding carboxylic acids is 1. The molecule has 0 aromatic heterocycles. The minimum absolute atomic E-state index is 0.0117. The minimum Gasteiger partial charge on any atom is -0.355 e. The van der Waals surface area contributed by atoms with Crippen LogP contribution in [0.4, 0.5) is 0 Å². The number of alkyl halides is 1. The summed E-state index contributed by atoms with van der Waals surface area (Å²) in [5.41, 5.74) is 0.915. The molecular formula is C15H20Cl3NO. The van der Waals surface area contributed by atoms with Gasteiger partial charge in [0.25, 0.3) is 0 Å². The molecule has 0 radical (unpaired) electrons. The van der Waals surface area contributed by atoms with Crippen molar-refractivity contribution < 1.29 is 4.79 Å². The summed E-state index contributed by atoms with van der Waals surface area (Å²) in [5, 5.41) is 3.93. The van der Waals surface area contributed by atoms with Crippen molar-refractivity contribution in [2.45, 2.75) is 33.1 Å². The van der Waals surface area contributed by atoms with E-state index in [1.165, 1.54) is 0 Å². The molecule has 20 heavy (non-hydrogen) atoms. The van der Waals surface area contributed by atoms with Crippen LogP contribution in [0, 0.1) is 5.41 Å². The Hall–Kier alpha value is -0.440. The molecule has 1 N–H and O–H groups in total. The molecule has 0 aliphatic carbocycles. The summed E-state index contributed by atoms with van der Waals surface area (Å²) < 4.78 is 0. The first kappa shape index (κ1) is 17.6. The molecule has 0 fully saturated rings. The second kappa shape index (κ2) is 8.11. The first-order chi connectivity index (χ1) is 9.34. The average molecular weight is 337 g/mol. The molecule has 112 valence electrons. The van der Waals surface area contributed by atoms with Crippen molar-refractivity contribution in [2.75, 3.05) is 12.4 Å². The van der Waals surface area contributed by atoms with E-state index in [4.69, 9.17) is 34.8 Å². The number of rotatable bonds is 7. The molecule has 1 aromatic carbocycles. The van der Waals surface area contributed by atoms with Crippen molar-refractivity contribution in [3.63, 3.8) is 0 Å². The third-order valence-corrected chi connectivity index (χ3v) is 4.11. The molecule has 0 spiro atoms. The highest BCUT2D eigenvalue weighted by Gasteiger charge is 2.18. The number of benzene rings is 1. The van der Waals surface area contributed by atoms with Gasteiger partial charge in [-0.2, -0.15) is 0 Å². The van der Waals surface area contributed by atoms with Gasteiger partial charge in [-0.25, -0.2) is 0 Å². The zero-order valence-electron chi connectivity index (χ0n) is 11.8. The fourth-order valence-corrected chi connectivity index (χ4v) is 2.32. The van der Waals surface area contributed by atoms with Crippen molar-refractivity contribution in [1.29, 1.82) is 0 Å². The van der Waals surface area contributed by atoms with Gasteiger partial charge in [0.1, 0.15) is 0 Å². The molecule has 5 heteroatoms. The summed E-state index contributed by atoms with van der Waals surface area (Å²) in [7, 11) is 0. The lowest BCUT2D eigenvalue weighted by Gasteiger charge is -2.24. The highest BCUT2D eigenvalue weighted by Crippen LogP contribution is 2.23. The summed E-state index contributed by atoms with van der Waals surface area (Å²) in [6.07, 6.45) is 2.25. The fourth-order valence-electron chi connectivity index (χ4n) is 1.87. The highest BCUT2D eigenvalue weighted by atomic mass is 35.5. The first-order valence-corrected chi connectivity index (χ1v) is 7.90. The van der Waals surface area contributed by atoms with Gasteiger partial charge in [0, 0.05) is 12.4 Å². The quantitative estimate of drug-likeness (QED) is 0.719. The molecule has 0 aliphatic heterocycles. The van der Waals surface area contributed by atoms with Crippen molar-refractivity contribution >= 4 is 40.7 Å². The van der Waals surface area contributed by atoms with Gasteiger partial charge in [-0.05, 0) is 36.0 Å². The van der Waals surface area contributed by atoms with Crippen molar-refractivity contribution in [3.8, 4) is 0 Å². The lowest BCUT2D eigenvalue weighted by molar-refractivity contribution is -0.120. The molecule has 1 amide bonds. The Bertz CT molecular complexity index is 460. The Morgan fingerprint density at radius 3 is 2.55 bits per heavy atom. The molecular weight excluding hydrogens is 317 g/mol. The van der Waals surface area contributed by atoms with E-state index in [0.29, 0.717) is 28.9 Å². The van der Waals surface area contributed by atoms with Gasteiger partial charge in [-0.15, -0.1) is 11.6 Å². The van der Waals surface area contributed by atoms with Gasteiger partial charge in [0.05, 0.1) is 16.5 Å². The Balaban J connectivity index is 2.45. The number of halogens is 3. The van der Waals surface area contributed by atoms with E-state index in [9.17, 15) is 4.79 Å². The zero-order chi connectivity index (χ0) is 15.2. The number of carbonyl (C=O) groups is 1. The number of hydrogen-bond donors (Lipinski definition) is 1. The van der Waals surface area contributed by atoms with Crippen LogP contribution in [-0.4, -0.2) is 18.3 Å². The van der Waals surface area contributed by atoms with E-state index >= 15 is 0 Å². The number of hydrogen-bond acceptors (Lipinski definition) is 1. The number of amides is 1. The summed E-state index contributed by atoms with van der Waals surface area (Å²) in [5.74, 6) is 0.642. The van der Waals surface area contributed by atoms with Gasteiger partial charge in [-0.1, -0.05) is 43.1 Å². The molecule has 2 nitrogen and oxygen atoms in total. The van der Waals surface area contributed by atoms with Crippen LogP contribution in [0.15, 0.2) is 18.2 Å². The average Bonchev–Trinajstić information content (AvgIpc) is 2.39. The molecule has 0 saturated carbocycles. The fraction of sp³-hybridized carbons (Fsp3) is 0.533. The molecule has 1 rings (SSSR count). The summed E-state index contributed by atoms with van der Waals surface area (Å²) in [6, 6.07) is 5.24. The topological polar surface area (TPSA) is 29.1 Å². The lowest BCUT2D eigenvalue weighted by Crippen LogP contribution is -2.34. The van der Waals surface area contributed by atoms with E-state index in [2.05, 4.69) is 19.2 Å². The van der Waals surface area contributed by atoms with Gasteiger partial charge >= 0.3 is 0 Å². The van der Waals surface area contributed by atoms with E-state index in [1.807, 2.05) is 6.07 Å². The summed E-state index contributed by atoms with van der Waals surface area (Å²) >= 11 is 17.5. The van der Waals surface area contributed by atoms with Crippen LogP contribution in [0.1, 0.15) is 32.3 Å². The Labute approximate surface area is 135 Å². The van der Waals surface area contributed by atoms with Crippen LogP contribution in [-0.2, 0) is 11.2 Å². The molecule has 0 heterocycles. The molecule has 0 unspecified atom stereocenters. The molecule has 0 atom stereocenters. The third-order valence-electron chi connectivity index (χ3n) is 3.10. The van der Waals surface area contributed by atoms with Crippen LogP contribution < -0.4 is 5.32 Å². The van der Waals surface area contributed by atoms with Gasteiger partial charge < -0.3 is 5.32 Å². The zero-order valence-corrected chi connectivity index (χ0v) is 14.1. The summed E-state index contributed by atoms with van der Waals surface area (Å²) in [6.45, 7) is 4.89. The maximum Gasteiger partial charge on any atom is 0.224 e. The van der Waals surface area contributed by atoms with Crippen LogP contribution >= 0.6 is 34.8 Å². The number of nitrogens with one attached hydrogen (secondary N) is 1. The van der Waals surface area contributed by atoms with Crippen molar-refractivity contribution in [3.05, 3.63) is 33.8 Å².